The Balaban J connectivity index is 2.66. The van der Waals surface area contributed by atoms with Crippen LogP contribution in [0.1, 0.15) is 19.9 Å². The lowest BCUT2D eigenvalue weighted by molar-refractivity contribution is -0.385. The van der Waals surface area contributed by atoms with Crippen molar-refractivity contribution >= 4 is 17.9 Å². The minimum absolute atomic E-state index is 0.00331. The SMILES string of the molecule is CC(C)n1c(-c2cc(F)cc([N+](=O)[O-])c2)n[nH]c1=S. The molecule has 1 N–H and O–H groups in total. The van der Waals surface area contributed by atoms with Crippen molar-refractivity contribution in [2.24, 2.45) is 0 Å². The van der Waals surface area contributed by atoms with Crippen LogP contribution in [0.5, 0.6) is 0 Å². The fourth-order valence-electron chi connectivity index (χ4n) is 1.80. The first-order chi connectivity index (χ1) is 8.90. The highest BCUT2D eigenvalue weighted by molar-refractivity contribution is 7.71. The predicted molar refractivity (Wildman–Crippen MR) is 69.8 cm³/mol. The zero-order valence-corrected chi connectivity index (χ0v) is 11.1. The zero-order valence-electron chi connectivity index (χ0n) is 10.3. The van der Waals surface area contributed by atoms with Crippen molar-refractivity contribution in [1.29, 1.82) is 0 Å². The molecule has 2 rings (SSSR count). The summed E-state index contributed by atoms with van der Waals surface area (Å²) in [6.45, 7) is 3.78. The Morgan fingerprint density at radius 2 is 2.16 bits per heavy atom. The van der Waals surface area contributed by atoms with E-state index in [9.17, 15) is 14.5 Å². The highest BCUT2D eigenvalue weighted by atomic mass is 32.1. The van der Waals surface area contributed by atoms with Gasteiger partial charge in [-0.1, -0.05) is 0 Å². The number of rotatable bonds is 3. The van der Waals surface area contributed by atoms with Crippen molar-refractivity contribution in [2.75, 3.05) is 0 Å². The number of hydrogen-bond donors (Lipinski definition) is 1. The Kier molecular flexibility index (Phi) is 3.43. The Morgan fingerprint density at radius 1 is 1.47 bits per heavy atom. The maximum atomic E-state index is 13.4. The van der Waals surface area contributed by atoms with Gasteiger partial charge in [-0.15, -0.1) is 0 Å². The summed E-state index contributed by atoms with van der Waals surface area (Å²) < 4.78 is 15.5. The quantitative estimate of drug-likeness (QED) is 0.532. The van der Waals surface area contributed by atoms with Crippen LogP contribution in [0.3, 0.4) is 0 Å². The largest absolute Gasteiger partial charge is 0.298 e. The van der Waals surface area contributed by atoms with Gasteiger partial charge in [0.25, 0.3) is 5.69 Å². The van der Waals surface area contributed by atoms with Crippen LogP contribution in [0.2, 0.25) is 0 Å². The highest BCUT2D eigenvalue weighted by Crippen LogP contribution is 2.26. The van der Waals surface area contributed by atoms with Crippen LogP contribution >= 0.6 is 12.2 Å². The summed E-state index contributed by atoms with van der Waals surface area (Å²) in [5.74, 6) is -0.309. The van der Waals surface area contributed by atoms with Crippen molar-refractivity contribution in [3.63, 3.8) is 0 Å². The van der Waals surface area contributed by atoms with E-state index < -0.39 is 10.7 Å². The second-order valence-electron chi connectivity index (χ2n) is 4.27. The number of halogens is 1. The number of nitro benzene ring substituents is 1. The van der Waals surface area contributed by atoms with E-state index in [4.69, 9.17) is 12.2 Å². The van der Waals surface area contributed by atoms with E-state index in [-0.39, 0.29) is 11.7 Å². The number of H-pyrrole nitrogens is 1. The average molecular weight is 282 g/mol. The Labute approximate surface area is 113 Å². The molecule has 0 aliphatic heterocycles. The van der Waals surface area contributed by atoms with Gasteiger partial charge >= 0.3 is 0 Å². The fraction of sp³-hybridized carbons (Fsp3) is 0.273. The molecular formula is C11H11FN4O2S. The van der Waals surface area contributed by atoms with Gasteiger partial charge in [0.1, 0.15) is 5.82 Å². The summed E-state index contributed by atoms with van der Waals surface area (Å²) in [4.78, 5) is 10.1. The third kappa shape index (κ3) is 2.53. The molecule has 0 spiro atoms. The van der Waals surface area contributed by atoms with E-state index >= 15 is 0 Å². The summed E-state index contributed by atoms with van der Waals surface area (Å²) in [5.41, 5.74) is -0.00743. The van der Waals surface area contributed by atoms with Gasteiger partial charge in [0.05, 0.1) is 11.0 Å². The Hall–Kier alpha value is -2.09. The lowest BCUT2D eigenvalue weighted by Crippen LogP contribution is -2.04. The standard InChI is InChI=1S/C11H11FN4O2S/c1-6(2)15-10(13-14-11(15)19)7-3-8(12)5-9(4-7)16(17)18/h3-6H,1-2H3,(H,14,19). The molecule has 0 saturated carbocycles. The Bertz CT molecular complexity index is 692. The second kappa shape index (κ2) is 4.88. The lowest BCUT2D eigenvalue weighted by Gasteiger charge is -2.10. The van der Waals surface area contributed by atoms with Crippen molar-refractivity contribution in [2.45, 2.75) is 19.9 Å². The van der Waals surface area contributed by atoms with E-state index in [1.807, 2.05) is 13.8 Å². The molecule has 0 aliphatic rings. The monoisotopic (exact) mass is 282 g/mol. The molecule has 100 valence electrons. The minimum Gasteiger partial charge on any atom is -0.298 e. The normalized spacial score (nSPS) is 10.9. The van der Waals surface area contributed by atoms with Crippen molar-refractivity contribution in [1.82, 2.24) is 14.8 Å². The highest BCUT2D eigenvalue weighted by Gasteiger charge is 2.16. The van der Waals surface area contributed by atoms with E-state index in [1.165, 1.54) is 12.1 Å². The third-order valence-electron chi connectivity index (χ3n) is 2.57. The van der Waals surface area contributed by atoms with Gasteiger partial charge in [0.15, 0.2) is 10.6 Å². The van der Waals surface area contributed by atoms with E-state index in [0.717, 1.165) is 6.07 Å². The summed E-state index contributed by atoms with van der Waals surface area (Å²) in [5, 5.41) is 17.4. The van der Waals surface area contributed by atoms with Gasteiger partial charge in [-0.05, 0) is 32.1 Å². The van der Waals surface area contributed by atoms with Crippen LogP contribution < -0.4 is 0 Å². The second-order valence-corrected chi connectivity index (χ2v) is 4.66. The molecule has 0 bridgehead atoms. The summed E-state index contributed by atoms with van der Waals surface area (Å²) >= 11 is 5.08. The maximum absolute atomic E-state index is 13.4. The van der Waals surface area contributed by atoms with E-state index in [0.29, 0.717) is 16.2 Å². The number of non-ortho nitro benzene ring substituents is 1. The van der Waals surface area contributed by atoms with Crippen LogP contribution in [0.4, 0.5) is 10.1 Å². The number of hydrogen-bond acceptors (Lipinski definition) is 4. The summed E-state index contributed by atoms with van der Waals surface area (Å²) in [6.07, 6.45) is 0. The molecule has 1 heterocycles. The molecule has 0 amide bonds. The first kappa shape index (κ1) is 13.3. The van der Waals surface area contributed by atoms with Crippen LogP contribution in [-0.2, 0) is 0 Å². The van der Waals surface area contributed by atoms with Crippen molar-refractivity contribution < 1.29 is 9.31 Å². The maximum Gasteiger partial charge on any atom is 0.273 e. The van der Waals surface area contributed by atoms with Gasteiger partial charge in [0.2, 0.25) is 0 Å². The summed E-state index contributed by atoms with van der Waals surface area (Å²) in [6, 6.07) is 3.33. The summed E-state index contributed by atoms with van der Waals surface area (Å²) in [7, 11) is 0. The molecule has 0 aliphatic carbocycles. The van der Waals surface area contributed by atoms with Gasteiger partial charge in [0, 0.05) is 17.7 Å². The molecule has 2 aromatic rings. The number of aromatic amines is 1. The molecule has 6 nitrogen and oxygen atoms in total. The molecule has 0 saturated heterocycles. The van der Waals surface area contributed by atoms with Crippen LogP contribution in [0.15, 0.2) is 18.2 Å². The fourth-order valence-corrected chi connectivity index (χ4v) is 2.14. The van der Waals surface area contributed by atoms with Crippen LogP contribution in [0, 0.1) is 20.7 Å². The number of benzene rings is 1. The lowest BCUT2D eigenvalue weighted by atomic mass is 10.1. The number of nitro groups is 1. The number of nitrogens with zero attached hydrogens (tertiary/aromatic N) is 3. The first-order valence-corrected chi connectivity index (χ1v) is 5.93. The zero-order chi connectivity index (χ0) is 14.2. The molecule has 0 atom stereocenters. The first-order valence-electron chi connectivity index (χ1n) is 5.52. The van der Waals surface area contributed by atoms with Crippen LogP contribution in [0.25, 0.3) is 11.4 Å². The van der Waals surface area contributed by atoms with E-state index in [2.05, 4.69) is 10.2 Å². The molecule has 0 radical (unpaired) electrons. The Morgan fingerprint density at radius 3 is 2.74 bits per heavy atom. The molecule has 1 aromatic carbocycles. The topological polar surface area (TPSA) is 76.8 Å². The number of nitrogens with one attached hydrogen (secondary N) is 1. The third-order valence-corrected chi connectivity index (χ3v) is 2.86. The van der Waals surface area contributed by atoms with Crippen molar-refractivity contribution in [3.8, 4) is 11.4 Å². The predicted octanol–water partition coefficient (Wildman–Crippen LogP) is 3.24. The van der Waals surface area contributed by atoms with Gasteiger partial charge in [-0.25, -0.2) is 4.39 Å². The van der Waals surface area contributed by atoms with E-state index in [1.54, 1.807) is 4.57 Å². The molecule has 1 aromatic heterocycles. The van der Waals surface area contributed by atoms with Crippen molar-refractivity contribution in [3.05, 3.63) is 38.9 Å². The number of aromatic nitrogens is 3. The van der Waals surface area contributed by atoms with Gasteiger partial charge in [-0.2, -0.15) is 5.10 Å². The van der Waals surface area contributed by atoms with Gasteiger partial charge < -0.3 is 0 Å². The molecule has 8 heteroatoms. The van der Waals surface area contributed by atoms with Gasteiger partial charge in [-0.3, -0.25) is 19.8 Å². The van der Waals surface area contributed by atoms with Crippen LogP contribution in [-0.4, -0.2) is 19.7 Å². The molecule has 0 unspecified atom stereocenters. The minimum atomic E-state index is -0.687. The smallest absolute Gasteiger partial charge is 0.273 e. The molecule has 0 fully saturated rings. The molecular weight excluding hydrogens is 271 g/mol. The average Bonchev–Trinajstić information content (AvgIpc) is 2.70. The molecule has 19 heavy (non-hydrogen) atoms.